The summed E-state index contributed by atoms with van der Waals surface area (Å²) in [5, 5.41) is 14.2. The second-order valence-electron chi connectivity index (χ2n) is 6.25. The number of ether oxygens (including phenoxy) is 1. The Kier molecular flexibility index (Phi) is 3.90. The first kappa shape index (κ1) is 17.2. The van der Waals surface area contributed by atoms with Gasteiger partial charge in [0.25, 0.3) is 5.69 Å². The summed E-state index contributed by atoms with van der Waals surface area (Å²) in [7, 11) is -3.57. The molecule has 8 nitrogen and oxygen atoms in total. The number of hydrogen-bond donors (Lipinski definition) is 1. The molecule has 1 aromatic rings. The zero-order valence-corrected chi connectivity index (χ0v) is 14.9. The number of sulfone groups is 1. The summed E-state index contributed by atoms with van der Waals surface area (Å²) in [4.78, 5) is 23.2. The fourth-order valence-electron chi connectivity index (χ4n) is 3.62. The smallest absolute Gasteiger partial charge is 0.288 e. The Balaban J connectivity index is 1.96. The number of carbonyl (C=O) groups excluding carboxylic acids is 1. The molecule has 0 radical (unpaired) electrons. The summed E-state index contributed by atoms with van der Waals surface area (Å²) in [6.07, 6.45) is 0.300. The third kappa shape index (κ3) is 2.54. The van der Waals surface area contributed by atoms with Crippen molar-refractivity contribution in [1.29, 1.82) is 0 Å². The summed E-state index contributed by atoms with van der Waals surface area (Å²) in [5.41, 5.74) is 1.34. The highest BCUT2D eigenvalue weighted by Gasteiger charge is 2.45. The number of halogens is 1. The Hall–Kier alpha value is -2.23. The van der Waals surface area contributed by atoms with Gasteiger partial charge in [-0.05, 0) is 11.6 Å². The molecule has 1 unspecified atom stereocenters. The zero-order valence-electron chi connectivity index (χ0n) is 13.3. The molecule has 0 bridgehead atoms. The summed E-state index contributed by atoms with van der Waals surface area (Å²) < 4.78 is 30.5. The molecule has 3 heterocycles. The first-order valence-corrected chi connectivity index (χ1v) is 9.83. The molecule has 1 N–H and O–H groups in total. The lowest BCUT2D eigenvalue weighted by Crippen LogP contribution is -2.36. The molecule has 1 aromatic carbocycles. The largest absolute Gasteiger partial charge is 0.367 e. The lowest BCUT2D eigenvalue weighted by atomic mass is 9.83. The van der Waals surface area contributed by atoms with Crippen LogP contribution in [0.3, 0.4) is 0 Å². The van der Waals surface area contributed by atoms with Crippen molar-refractivity contribution in [3.8, 4) is 0 Å². The highest BCUT2D eigenvalue weighted by molar-refractivity contribution is 7.95. The fourth-order valence-corrected chi connectivity index (χ4v) is 5.64. The molecule has 1 atom stereocenters. The predicted molar refractivity (Wildman–Crippen MR) is 92.3 cm³/mol. The van der Waals surface area contributed by atoms with Crippen LogP contribution in [0.4, 0.5) is 5.69 Å². The predicted octanol–water partition coefficient (Wildman–Crippen LogP) is 1.82. The van der Waals surface area contributed by atoms with Crippen LogP contribution >= 0.6 is 11.6 Å². The monoisotopic (exact) mass is 396 g/mol. The van der Waals surface area contributed by atoms with E-state index in [-0.39, 0.29) is 45.9 Å². The third-order valence-electron chi connectivity index (χ3n) is 4.71. The average Bonchev–Trinajstić information content (AvgIpc) is 2.89. The Bertz CT molecular complexity index is 1030. The van der Waals surface area contributed by atoms with Crippen LogP contribution in [0.1, 0.15) is 17.9 Å². The zero-order chi connectivity index (χ0) is 18.6. The van der Waals surface area contributed by atoms with E-state index in [0.29, 0.717) is 23.4 Å². The van der Waals surface area contributed by atoms with Crippen molar-refractivity contribution in [2.45, 2.75) is 12.3 Å². The van der Waals surface area contributed by atoms with E-state index < -0.39 is 20.7 Å². The second kappa shape index (κ2) is 5.90. The third-order valence-corrected chi connectivity index (χ3v) is 6.92. The maximum Gasteiger partial charge on any atom is 0.288 e. The molecule has 0 amide bonds. The molecule has 4 rings (SSSR count). The van der Waals surface area contributed by atoms with Gasteiger partial charge in [0.05, 0.1) is 28.1 Å². The van der Waals surface area contributed by atoms with Gasteiger partial charge in [0.2, 0.25) is 0 Å². The van der Waals surface area contributed by atoms with Crippen molar-refractivity contribution in [1.82, 2.24) is 5.32 Å². The van der Waals surface area contributed by atoms with E-state index in [2.05, 4.69) is 5.32 Å². The van der Waals surface area contributed by atoms with Gasteiger partial charge in [0, 0.05) is 29.5 Å². The van der Waals surface area contributed by atoms with Crippen molar-refractivity contribution in [2.75, 3.05) is 19.0 Å². The SMILES string of the molecule is O=C1COCC2=C1C(c1ccc(Cl)c([N+](=O)[O-])c1)C1=C(CCS1(=O)=O)N2. The maximum absolute atomic E-state index is 12.6. The molecule has 0 saturated carbocycles. The molecule has 136 valence electrons. The van der Waals surface area contributed by atoms with Gasteiger partial charge >= 0.3 is 0 Å². The number of hydrogen-bond acceptors (Lipinski definition) is 7. The first-order chi connectivity index (χ1) is 12.3. The lowest BCUT2D eigenvalue weighted by molar-refractivity contribution is -0.384. The quantitative estimate of drug-likeness (QED) is 0.598. The Morgan fingerprint density at radius 3 is 2.77 bits per heavy atom. The van der Waals surface area contributed by atoms with Gasteiger partial charge in [-0.15, -0.1) is 0 Å². The molecule has 0 aliphatic carbocycles. The molecule has 0 aromatic heterocycles. The van der Waals surface area contributed by atoms with Crippen LogP contribution < -0.4 is 5.32 Å². The molecular weight excluding hydrogens is 384 g/mol. The number of nitrogens with zero attached hydrogens (tertiary/aromatic N) is 1. The normalized spacial score (nSPS) is 24.2. The van der Waals surface area contributed by atoms with Crippen LogP contribution in [-0.4, -0.2) is 38.1 Å². The van der Waals surface area contributed by atoms with E-state index in [1.807, 2.05) is 0 Å². The number of ketones is 1. The van der Waals surface area contributed by atoms with Crippen LogP contribution in [0.15, 0.2) is 40.1 Å². The van der Waals surface area contributed by atoms with Gasteiger partial charge in [0.15, 0.2) is 15.6 Å². The van der Waals surface area contributed by atoms with Crippen LogP contribution in [0, 0.1) is 10.1 Å². The lowest BCUT2D eigenvalue weighted by Gasteiger charge is -2.32. The van der Waals surface area contributed by atoms with E-state index in [1.54, 1.807) is 0 Å². The van der Waals surface area contributed by atoms with Gasteiger partial charge in [-0.2, -0.15) is 0 Å². The van der Waals surface area contributed by atoms with Crippen molar-refractivity contribution in [3.63, 3.8) is 0 Å². The van der Waals surface area contributed by atoms with E-state index in [0.717, 1.165) is 0 Å². The van der Waals surface area contributed by atoms with Gasteiger partial charge < -0.3 is 10.1 Å². The van der Waals surface area contributed by atoms with Gasteiger partial charge in [-0.1, -0.05) is 17.7 Å². The van der Waals surface area contributed by atoms with Crippen molar-refractivity contribution >= 4 is 32.9 Å². The molecule has 10 heteroatoms. The van der Waals surface area contributed by atoms with E-state index >= 15 is 0 Å². The molecule has 0 spiro atoms. The van der Waals surface area contributed by atoms with E-state index in [9.17, 15) is 23.3 Å². The average molecular weight is 397 g/mol. The topological polar surface area (TPSA) is 116 Å². The highest BCUT2D eigenvalue weighted by atomic mass is 35.5. The first-order valence-electron chi connectivity index (χ1n) is 7.80. The summed E-state index contributed by atoms with van der Waals surface area (Å²) >= 11 is 5.88. The Morgan fingerprint density at radius 1 is 1.27 bits per heavy atom. The minimum Gasteiger partial charge on any atom is -0.367 e. The molecule has 26 heavy (non-hydrogen) atoms. The number of nitro benzene ring substituents is 1. The van der Waals surface area contributed by atoms with Crippen molar-refractivity contribution in [2.24, 2.45) is 0 Å². The number of carbonyl (C=O) groups is 1. The standard InChI is InChI=1S/C16H13ClN2O6S/c17-9-2-1-8(5-12(9)19(21)22)14-15-11(6-25-7-13(15)20)18-10-3-4-26(23,24)16(10)14/h1-2,5,14,18H,3-4,6-7H2. The molecule has 3 aliphatic rings. The number of benzene rings is 1. The fraction of sp³-hybridized carbons (Fsp3) is 0.312. The minimum absolute atomic E-state index is 0.0522. The molecular formula is C16H13ClN2O6S. The number of nitrogens with one attached hydrogen (secondary N) is 1. The summed E-state index contributed by atoms with van der Waals surface area (Å²) in [6.45, 7) is -0.000554. The van der Waals surface area contributed by atoms with Gasteiger partial charge in [-0.3, -0.25) is 14.9 Å². The van der Waals surface area contributed by atoms with Crippen LogP contribution in [0.2, 0.25) is 5.02 Å². The van der Waals surface area contributed by atoms with Crippen molar-refractivity contribution in [3.05, 3.63) is 60.8 Å². The highest BCUT2D eigenvalue weighted by Crippen LogP contribution is 2.46. The van der Waals surface area contributed by atoms with Gasteiger partial charge in [0.1, 0.15) is 11.6 Å². The summed E-state index contributed by atoms with van der Waals surface area (Å²) in [5.74, 6) is -1.29. The molecule has 0 saturated heterocycles. The number of Topliss-reactive ketones (excluding diaryl/α,β-unsaturated/α-hetero) is 1. The Labute approximate surface area is 153 Å². The Morgan fingerprint density at radius 2 is 2.04 bits per heavy atom. The van der Waals surface area contributed by atoms with Crippen LogP contribution in [0.5, 0.6) is 0 Å². The number of dihydropyridines is 1. The number of nitro groups is 1. The van der Waals surface area contributed by atoms with Crippen molar-refractivity contribution < 1.29 is 22.9 Å². The van der Waals surface area contributed by atoms with Crippen LogP contribution in [0.25, 0.3) is 0 Å². The minimum atomic E-state index is -3.57. The molecule has 0 fully saturated rings. The van der Waals surface area contributed by atoms with E-state index in [1.165, 1.54) is 18.2 Å². The van der Waals surface area contributed by atoms with Crippen LogP contribution in [-0.2, 0) is 19.4 Å². The summed E-state index contributed by atoms with van der Waals surface area (Å²) in [6, 6.07) is 4.12. The maximum atomic E-state index is 12.6. The molecule has 3 aliphatic heterocycles. The number of allylic oxidation sites excluding steroid dienone is 2. The van der Waals surface area contributed by atoms with E-state index in [4.69, 9.17) is 16.3 Å². The number of rotatable bonds is 2. The second-order valence-corrected chi connectivity index (χ2v) is 8.73. The van der Waals surface area contributed by atoms with Gasteiger partial charge in [-0.25, -0.2) is 8.42 Å².